The van der Waals surface area contributed by atoms with Gasteiger partial charge in [-0.1, -0.05) is 32.9 Å². The summed E-state index contributed by atoms with van der Waals surface area (Å²) in [5.74, 6) is -2.03. The molecule has 4 N–H and O–H groups in total. The standard InChI is InChI=1S/C27H39N5O6/c1-16(28-5)23(34)31-22(27(2,3)4)26(37)32(25(36)19-10-7-13-29-19)15-17-8-6-9-18(14-17)30-24(35)20-11-12-21(33)38-20/h6,8-9,14,16,19-20,22,28-29H,7,10-13,15H2,1-5H3,(H,30,35)(H,31,34)/t16-,19-,20+,22+/m0/s1. The first-order valence-electron chi connectivity index (χ1n) is 13.1. The van der Waals surface area contributed by atoms with Gasteiger partial charge >= 0.3 is 5.97 Å². The van der Waals surface area contributed by atoms with Crippen molar-refractivity contribution in [2.24, 2.45) is 5.41 Å². The minimum absolute atomic E-state index is 0.0397. The Hall–Kier alpha value is -3.31. The summed E-state index contributed by atoms with van der Waals surface area (Å²) in [6.07, 6.45) is 1.12. The monoisotopic (exact) mass is 529 g/mol. The maximum absolute atomic E-state index is 13.9. The number of esters is 1. The Kier molecular flexibility index (Phi) is 9.61. The summed E-state index contributed by atoms with van der Waals surface area (Å²) in [6.45, 7) is 7.84. The molecule has 0 radical (unpaired) electrons. The second-order valence-corrected chi connectivity index (χ2v) is 10.9. The minimum atomic E-state index is -0.948. The zero-order valence-corrected chi connectivity index (χ0v) is 22.8. The maximum atomic E-state index is 13.9. The minimum Gasteiger partial charge on any atom is -0.452 e. The molecule has 0 spiro atoms. The van der Waals surface area contributed by atoms with Crippen LogP contribution in [-0.4, -0.2) is 72.3 Å². The van der Waals surface area contributed by atoms with Crippen LogP contribution in [0.5, 0.6) is 0 Å². The molecule has 11 heteroatoms. The highest BCUT2D eigenvalue weighted by atomic mass is 16.6. The Labute approximate surface area is 223 Å². The van der Waals surface area contributed by atoms with E-state index in [-0.39, 0.29) is 24.8 Å². The number of carbonyl (C=O) groups is 5. The Morgan fingerprint density at radius 2 is 1.92 bits per heavy atom. The van der Waals surface area contributed by atoms with Crippen LogP contribution in [0.3, 0.4) is 0 Å². The van der Waals surface area contributed by atoms with Gasteiger partial charge in [0.1, 0.15) is 6.04 Å². The molecule has 208 valence electrons. The van der Waals surface area contributed by atoms with Crippen molar-refractivity contribution < 1.29 is 28.7 Å². The zero-order valence-electron chi connectivity index (χ0n) is 22.8. The van der Waals surface area contributed by atoms with E-state index in [9.17, 15) is 24.0 Å². The number of nitrogens with one attached hydrogen (secondary N) is 4. The summed E-state index contributed by atoms with van der Waals surface area (Å²) in [5, 5.41) is 11.6. The summed E-state index contributed by atoms with van der Waals surface area (Å²) in [4.78, 5) is 65.3. The van der Waals surface area contributed by atoms with E-state index < -0.39 is 47.4 Å². The van der Waals surface area contributed by atoms with Crippen molar-refractivity contribution in [3.8, 4) is 0 Å². The van der Waals surface area contributed by atoms with Crippen LogP contribution in [0, 0.1) is 5.41 Å². The highest BCUT2D eigenvalue weighted by Gasteiger charge is 2.40. The van der Waals surface area contributed by atoms with Gasteiger partial charge in [-0.05, 0) is 56.5 Å². The fraction of sp³-hybridized carbons (Fsp3) is 0.593. The largest absolute Gasteiger partial charge is 0.452 e. The quantitative estimate of drug-likeness (QED) is 0.348. The van der Waals surface area contributed by atoms with Crippen LogP contribution in [0.2, 0.25) is 0 Å². The topological polar surface area (TPSA) is 146 Å². The number of anilines is 1. The van der Waals surface area contributed by atoms with Gasteiger partial charge in [0.05, 0.1) is 18.6 Å². The highest BCUT2D eigenvalue weighted by molar-refractivity contribution is 6.02. The summed E-state index contributed by atoms with van der Waals surface area (Å²) in [5.41, 5.74) is 0.405. The molecule has 2 fully saturated rings. The van der Waals surface area contributed by atoms with Crippen molar-refractivity contribution >= 4 is 35.3 Å². The van der Waals surface area contributed by atoms with Crippen molar-refractivity contribution in [1.29, 1.82) is 0 Å². The number of imide groups is 1. The molecule has 2 heterocycles. The van der Waals surface area contributed by atoms with Gasteiger partial charge in [-0.15, -0.1) is 0 Å². The van der Waals surface area contributed by atoms with Crippen LogP contribution in [-0.2, 0) is 35.3 Å². The van der Waals surface area contributed by atoms with Gasteiger partial charge in [-0.2, -0.15) is 0 Å². The number of amides is 4. The molecular weight excluding hydrogens is 490 g/mol. The van der Waals surface area contributed by atoms with Gasteiger partial charge in [-0.3, -0.25) is 28.9 Å². The van der Waals surface area contributed by atoms with Crippen molar-refractivity contribution in [1.82, 2.24) is 20.9 Å². The van der Waals surface area contributed by atoms with E-state index in [1.165, 1.54) is 4.90 Å². The number of rotatable bonds is 9. The normalized spacial score (nSPS) is 20.8. The van der Waals surface area contributed by atoms with Crippen LogP contribution in [0.1, 0.15) is 58.9 Å². The Morgan fingerprint density at radius 1 is 1.18 bits per heavy atom. The highest BCUT2D eigenvalue weighted by Crippen LogP contribution is 2.24. The van der Waals surface area contributed by atoms with Crippen molar-refractivity contribution in [3.05, 3.63) is 29.8 Å². The van der Waals surface area contributed by atoms with Gasteiger partial charge in [0.25, 0.3) is 11.8 Å². The number of cyclic esters (lactones) is 1. The summed E-state index contributed by atoms with van der Waals surface area (Å²) in [7, 11) is 1.65. The average Bonchev–Trinajstić information content (AvgIpc) is 3.56. The Morgan fingerprint density at radius 3 is 2.50 bits per heavy atom. The molecule has 0 unspecified atom stereocenters. The molecule has 2 aliphatic rings. The number of ether oxygens (including phenoxy) is 1. The number of hydrogen-bond donors (Lipinski definition) is 4. The molecule has 2 aliphatic heterocycles. The molecule has 4 atom stereocenters. The van der Waals surface area contributed by atoms with Gasteiger partial charge in [0.15, 0.2) is 6.10 Å². The van der Waals surface area contributed by atoms with Crippen LogP contribution in [0.15, 0.2) is 24.3 Å². The molecule has 3 rings (SSSR count). The molecule has 1 aromatic carbocycles. The van der Waals surface area contributed by atoms with E-state index in [1.807, 2.05) is 20.8 Å². The Bertz CT molecular complexity index is 1060. The van der Waals surface area contributed by atoms with E-state index in [1.54, 1.807) is 38.2 Å². The molecule has 11 nitrogen and oxygen atoms in total. The molecule has 38 heavy (non-hydrogen) atoms. The third-order valence-corrected chi connectivity index (χ3v) is 6.83. The van der Waals surface area contributed by atoms with Gasteiger partial charge in [-0.25, -0.2) is 0 Å². The van der Waals surface area contributed by atoms with Crippen LogP contribution in [0.25, 0.3) is 0 Å². The predicted molar refractivity (Wildman–Crippen MR) is 141 cm³/mol. The molecule has 4 amide bonds. The van der Waals surface area contributed by atoms with E-state index in [4.69, 9.17) is 4.74 Å². The van der Waals surface area contributed by atoms with Gasteiger partial charge < -0.3 is 26.0 Å². The first-order valence-corrected chi connectivity index (χ1v) is 13.1. The van der Waals surface area contributed by atoms with Crippen molar-refractivity contribution in [2.75, 3.05) is 18.9 Å². The van der Waals surface area contributed by atoms with Crippen LogP contribution >= 0.6 is 0 Å². The molecule has 2 saturated heterocycles. The lowest BCUT2D eigenvalue weighted by atomic mass is 9.85. The van der Waals surface area contributed by atoms with E-state index >= 15 is 0 Å². The van der Waals surface area contributed by atoms with E-state index in [0.29, 0.717) is 30.6 Å². The summed E-state index contributed by atoms with van der Waals surface area (Å²) >= 11 is 0. The Balaban J connectivity index is 1.85. The third kappa shape index (κ3) is 7.38. The summed E-state index contributed by atoms with van der Waals surface area (Å²) < 4.78 is 5.03. The fourth-order valence-corrected chi connectivity index (χ4v) is 4.41. The third-order valence-electron chi connectivity index (χ3n) is 6.83. The first kappa shape index (κ1) is 29.2. The lowest BCUT2D eigenvalue weighted by Crippen LogP contribution is -2.59. The average molecular weight is 530 g/mol. The van der Waals surface area contributed by atoms with E-state index in [0.717, 1.165) is 6.42 Å². The molecular formula is C27H39N5O6. The molecule has 0 bridgehead atoms. The van der Waals surface area contributed by atoms with Crippen molar-refractivity contribution in [2.45, 2.75) is 84.2 Å². The zero-order chi connectivity index (χ0) is 28.0. The number of benzene rings is 1. The van der Waals surface area contributed by atoms with Crippen LogP contribution in [0.4, 0.5) is 5.69 Å². The van der Waals surface area contributed by atoms with Crippen LogP contribution < -0.4 is 21.3 Å². The smallest absolute Gasteiger partial charge is 0.306 e. The second kappa shape index (κ2) is 12.5. The SMILES string of the molecule is CN[C@@H](C)C(=O)N[C@H](C(=O)N(Cc1cccc(NC(=O)[C@H]2CCC(=O)O2)c1)C(=O)[C@@H]1CCCN1)C(C)(C)C. The number of hydrogen-bond acceptors (Lipinski definition) is 8. The predicted octanol–water partition coefficient (Wildman–Crippen LogP) is 1.08. The molecule has 0 saturated carbocycles. The lowest BCUT2D eigenvalue weighted by molar-refractivity contribution is -0.151. The molecule has 0 aliphatic carbocycles. The van der Waals surface area contributed by atoms with Gasteiger partial charge in [0, 0.05) is 18.5 Å². The number of carbonyl (C=O) groups excluding carboxylic acids is 5. The first-order chi connectivity index (χ1) is 17.9. The van der Waals surface area contributed by atoms with E-state index in [2.05, 4.69) is 21.3 Å². The maximum Gasteiger partial charge on any atom is 0.306 e. The van der Waals surface area contributed by atoms with Crippen molar-refractivity contribution in [3.63, 3.8) is 0 Å². The van der Waals surface area contributed by atoms with Gasteiger partial charge in [0.2, 0.25) is 11.8 Å². The summed E-state index contributed by atoms with van der Waals surface area (Å²) in [6, 6.07) is 4.87. The lowest BCUT2D eigenvalue weighted by Gasteiger charge is -2.35. The number of nitrogens with zero attached hydrogens (tertiary/aromatic N) is 1. The number of likely N-dealkylation sites (N-methyl/N-ethyl adjacent to an activating group) is 1. The fourth-order valence-electron chi connectivity index (χ4n) is 4.41. The second-order valence-electron chi connectivity index (χ2n) is 10.9. The molecule has 0 aromatic heterocycles. The molecule has 1 aromatic rings.